The maximum absolute atomic E-state index is 13.1. The van der Waals surface area contributed by atoms with Gasteiger partial charge in [-0.05, 0) is 29.3 Å². The number of benzene rings is 2. The summed E-state index contributed by atoms with van der Waals surface area (Å²) in [6.45, 7) is -0.130. The van der Waals surface area contributed by atoms with Gasteiger partial charge in [0.1, 0.15) is 6.04 Å². The van der Waals surface area contributed by atoms with Crippen molar-refractivity contribution in [2.75, 3.05) is 7.11 Å². The van der Waals surface area contributed by atoms with Crippen LogP contribution in [0.1, 0.15) is 16.7 Å². The third-order valence-corrected chi connectivity index (χ3v) is 6.30. The molecule has 0 aromatic heterocycles. The van der Waals surface area contributed by atoms with Crippen LogP contribution in [0.15, 0.2) is 53.4 Å². The molecule has 0 fully saturated rings. The van der Waals surface area contributed by atoms with E-state index in [0.717, 1.165) is 35.2 Å². The normalized spacial score (nSPS) is 18.0. The van der Waals surface area contributed by atoms with Gasteiger partial charge in [0.15, 0.2) is 0 Å². The van der Waals surface area contributed by atoms with Crippen molar-refractivity contribution in [2.45, 2.75) is 30.1 Å². The highest BCUT2D eigenvalue weighted by Gasteiger charge is 2.41. The first-order valence-electron chi connectivity index (χ1n) is 7.98. The van der Waals surface area contributed by atoms with Crippen molar-refractivity contribution in [1.82, 2.24) is 4.31 Å². The molecule has 0 spiro atoms. The van der Waals surface area contributed by atoms with Gasteiger partial charge in [-0.3, -0.25) is 4.79 Å². The van der Waals surface area contributed by atoms with Gasteiger partial charge >= 0.3 is 12.1 Å². The molecule has 144 valence electrons. The summed E-state index contributed by atoms with van der Waals surface area (Å²) in [6.07, 6.45) is -4.59. The van der Waals surface area contributed by atoms with E-state index in [1.807, 2.05) is 0 Å². The second-order valence-corrected chi connectivity index (χ2v) is 7.98. The minimum atomic E-state index is -4.68. The zero-order chi connectivity index (χ0) is 19.8. The van der Waals surface area contributed by atoms with Gasteiger partial charge in [0.25, 0.3) is 0 Å². The first-order chi connectivity index (χ1) is 12.6. The standard InChI is InChI=1S/C18H16F3NO4S/c1-26-17(23)16-9-12-5-2-3-6-13(12)11-22(16)27(24,25)15-8-4-7-14(10-15)18(19,20)21/h2-8,10,16H,9,11H2,1H3/t16-/m1/s1. The minimum Gasteiger partial charge on any atom is -0.468 e. The molecule has 0 N–H and O–H groups in total. The fourth-order valence-corrected chi connectivity index (χ4v) is 4.66. The number of carbonyl (C=O) groups is 1. The van der Waals surface area contributed by atoms with E-state index in [0.29, 0.717) is 11.6 Å². The topological polar surface area (TPSA) is 63.7 Å². The van der Waals surface area contributed by atoms with Crippen molar-refractivity contribution in [3.8, 4) is 0 Å². The summed E-state index contributed by atoms with van der Waals surface area (Å²) >= 11 is 0. The second kappa shape index (κ2) is 6.97. The SMILES string of the molecule is COC(=O)[C@H]1Cc2ccccc2CN1S(=O)(=O)c1cccc(C(F)(F)F)c1. The Labute approximate surface area is 154 Å². The quantitative estimate of drug-likeness (QED) is 0.745. The lowest BCUT2D eigenvalue weighted by atomic mass is 9.96. The van der Waals surface area contributed by atoms with Crippen LogP contribution in [0, 0.1) is 0 Å². The van der Waals surface area contributed by atoms with Crippen LogP contribution in [-0.2, 0) is 38.7 Å². The average molecular weight is 399 g/mol. The lowest BCUT2D eigenvalue weighted by molar-refractivity contribution is -0.145. The van der Waals surface area contributed by atoms with Crippen LogP contribution < -0.4 is 0 Å². The van der Waals surface area contributed by atoms with Gasteiger partial charge in [0.05, 0.1) is 17.6 Å². The summed E-state index contributed by atoms with van der Waals surface area (Å²) in [6, 6.07) is 9.32. The zero-order valence-electron chi connectivity index (χ0n) is 14.2. The number of hydrogen-bond acceptors (Lipinski definition) is 4. The smallest absolute Gasteiger partial charge is 0.416 e. The maximum atomic E-state index is 13.1. The number of methoxy groups -OCH3 is 1. The molecule has 1 atom stereocenters. The van der Waals surface area contributed by atoms with E-state index >= 15 is 0 Å². The summed E-state index contributed by atoms with van der Waals surface area (Å²) in [5.41, 5.74) is 0.409. The van der Waals surface area contributed by atoms with Gasteiger partial charge < -0.3 is 4.74 Å². The van der Waals surface area contributed by atoms with Crippen LogP contribution in [0.4, 0.5) is 13.2 Å². The Balaban J connectivity index is 2.07. The van der Waals surface area contributed by atoms with Crippen molar-refractivity contribution in [1.29, 1.82) is 0 Å². The van der Waals surface area contributed by atoms with Crippen LogP contribution in [0.5, 0.6) is 0 Å². The number of esters is 1. The molecule has 27 heavy (non-hydrogen) atoms. The van der Waals surface area contributed by atoms with E-state index in [2.05, 4.69) is 0 Å². The molecule has 0 amide bonds. The Morgan fingerprint density at radius 1 is 1.11 bits per heavy atom. The molecular formula is C18H16F3NO4S. The number of sulfonamides is 1. The Hall–Kier alpha value is -2.39. The molecule has 3 rings (SSSR count). The molecule has 0 aliphatic carbocycles. The number of alkyl halides is 3. The lowest BCUT2D eigenvalue weighted by Gasteiger charge is -2.34. The van der Waals surface area contributed by atoms with Gasteiger partial charge in [-0.1, -0.05) is 30.3 Å². The number of rotatable bonds is 3. The maximum Gasteiger partial charge on any atom is 0.416 e. The highest BCUT2D eigenvalue weighted by atomic mass is 32.2. The molecule has 0 saturated carbocycles. The zero-order valence-corrected chi connectivity index (χ0v) is 15.0. The number of halogens is 3. The highest BCUT2D eigenvalue weighted by molar-refractivity contribution is 7.89. The summed E-state index contributed by atoms with van der Waals surface area (Å²) in [7, 11) is -3.22. The van der Waals surface area contributed by atoms with Crippen molar-refractivity contribution in [2.24, 2.45) is 0 Å². The number of nitrogens with zero attached hydrogens (tertiary/aromatic N) is 1. The van der Waals surface area contributed by atoms with E-state index in [4.69, 9.17) is 4.74 Å². The van der Waals surface area contributed by atoms with Gasteiger partial charge in [0.2, 0.25) is 10.0 Å². The van der Waals surface area contributed by atoms with Crippen LogP contribution in [0.3, 0.4) is 0 Å². The molecule has 2 aromatic rings. The van der Waals surface area contributed by atoms with Crippen LogP contribution >= 0.6 is 0 Å². The highest BCUT2D eigenvalue weighted by Crippen LogP contribution is 2.33. The Bertz CT molecular complexity index is 973. The summed E-state index contributed by atoms with van der Waals surface area (Å²) in [5, 5.41) is 0. The molecule has 1 aliphatic rings. The molecule has 0 bridgehead atoms. The summed E-state index contributed by atoms with van der Waals surface area (Å²) in [4.78, 5) is 11.7. The second-order valence-electron chi connectivity index (χ2n) is 6.09. The number of fused-ring (bicyclic) bond motifs is 1. The average Bonchev–Trinajstić information content (AvgIpc) is 2.65. The molecule has 5 nitrogen and oxygen atoms in total. The van der Waals surface area contributed by atoms with Gasteiger partial charge in [-0.2, -0.15) is 17.5 Å². The third-order valence-electron chi connectivity index (χ3n) is 4.45. The Kier molecular flexibility index (Phi) is 5.00. The van der Waals surface area contributed by atoms with Crippen LogP contribution in [0.25, 0.3) is 0 Å². The molecule has 0 unspecified atom stereocenters. The van der Waals surface area contributed by atoms with Crippen molar-refractivity contribution in [3.63, 3.8) is 0 Å². The Morgan fingerprint density at radius 3 is 2.41 bits per heavy atom. The first kappa shape index (κ1) is 19.4. The Morgan fingerprint density at radius 2 is 1.78 bits per heavy atom. The van der Waals surface area contributed by atoms with Crippen molar-refractivity contribution in [3.05, 3.63) is 65.2 Å². The van der Waals surface area contributed by atoms with Gasteiger partial charge in [-0.15, -0.1) is 0 Å². The fraction of sp³-hybridized carbons (Fsp3) is 0.278. The number of carbonyl (C=O) groups excluding carboxylic acids is 1. The van der Waals surface area contributed by atoms with Crippen LogP contribution in [-0.4, -0.2) is 31.8 Å². The predicted molar refractivity (Wildman–Crippen MR) is 90.1 cm³/mol. The monoisotopic (exact) mass is 399 g/mol. The van der Waals surface area contributed by atoms with Crippen molar-refractivity contribution >= 4 is 16.0 Å². The fourth-order valence-electron chi connectivity index (χ4n) is 3.06. The van der Waals surface area contributed by atoms with E-state index in [1.54, 1.807) is 24.3 Å². The first-order valence-corrected chi connectivity index (χ1v) is 9.42. The van der Waals surface area contributed by atoms with Gasteiger partial charge in [0, 0.05) is 13.0 Å². The molecule has 0 radical (unpaired) electrons. The van der Waals surface area contributed by atoms with Crippen molar-refractivity contribution < 1.29 is 31.1 Å². The molecule has 2 aromatic carbocycles. The number of ether oxygens (including phenoxy) is 1. The van der Waals surface area contributed by atoms with E-state index in [1.165, 1.54) is 0 Å². The predicted octanol–water partition coefficient (Wildman–Crippen LogP) is 2.99. The largest absolute Gasteiger partial charge is 0.468 e. The molecular weight excluding hydrogens is 383 g/mol. The third kappa shape index (κ3) is 3.70. The molecule has 0 saturated heterocycles. The van der Waals surface area contributed by atoms with Crippen LogP contribution in [0.2, 0.25) is 0 Å². The summed E-state index contributed by atoms with van der Waals surface area (Å²) in [5.74, 6) is -0.764. The molecule has 1 heterocycles. The lowest BCUT2D eigenvalue weighted by Crippen LogP contribution is -2.49. The summed E-state index contributed by atoms with van der Waals surface area (Å²) < 4.78 is 70.7. The van der Waals surface area contributed by atoms with E-state index < -0.39 is 38.7 Å². The van der Waals surface area contributed by atoms with E-state index in [-0.39, 0.29) is 13.0 Å². The van der Waals surface area contributed by atoms with E-state index in [9.17, 15) is 26.4 Å². The molecule has 1 aliphatic heterocycles. The number of hydrogen-bond donors (Lipinski definition) is 0. The minimum absolute atomic E-state index is 0.0844. The van der Waals surface area contributed by atoms with Gasteiger partial charge in [-0.25, -0.2) is 8.42 Å². The molecule has 9 heteroatoms.